The average Bonchev–Trinajstić information content (AvgIpc) is 2.84. The van der Waals surface area contributed by atoms with E-state index in [0.717, 1.165) is 0 Å². The Kier molecular flexibility index (Phi) is 8.20. The Morgan fingerprint density at radius 2 is 1.94 bits per heavy atom. The molecular weight excluding hydrogens is 468 g/mol. The summed E-state index contributed by atoms with van der Waals surface area (Å²) in [5, 5.41) is 20.0. The van der Waals surface area contributed by atoms with Gasteiger partial charge in [-0.1, -0.05) is 12.1 Å². The van der Waals surface area contributed by atoms with Crippen molar-refractivity contribution in [3.05, 3.63) is 63.7 Å². The number of ether oxygens (including phenoxy) is 3. The van der Waals surface area contributed by atoms with Crippen molar-refractivity contribution in [2.75, 3.05) is 26.4 Å². The molecule has 2 aromatic rings. The van der Waals surface area contributed by atoms with E-state index < -0.39 is 25.4 Å². The number of hydrogen-bond donors (Lipinski definition) is 2. The molecule has 2 aromatic carbocycles. The highest BCUT2D eigenvalue weighted by Gasteiger charge is 2.52. The SMILES string of the molecule is Cc1cc(S(=O)(=O)C2(C(=O)NO)CCOCC2)ccc1OCCOCc1cccc([N+](=O)[O-])c1. The quantitative estimate of drug-likeness (QED) is 0.219. The lowest BCUT2D eigenvalue weighted by molar-refractivity contribution is -0.384. The summed E-state index contributed by atoms with van der Waals surface area (Å²) in [5.41, 5.74) is 2.69. The standard InChI is InChI=1S/C22H26N2O9S/c1-16-13-19(34(29,30)22(21(25)23-26)7-9-31-10-8-22)5-6-20(16)33-12-11-32-15-17-3-2-4-18(14-17)24(27)28/h2-6,13-14,26H,7-12,15H2,1H3,(H,23,25). The van der Waals surface area contributed by atoms with Crippen molar-refractivity contribution in [2.24, 2.45) is 0 Å². The summed E-state index contributed by atoms with van der Waals surface area (Å²) in [6.07, 6.45) is -0.137. The Balaban J connectivity index is 1.62. The number of hydroxylamine groups is 1. The van der Waals surface area contributed by atoms with Crippen LogP contribution in [0.2, 0.25) is 0 Å². The van der Waals surface area contributed by atoms with Gasteiger partial charge in [0.2, 0.25) is 0 Å². The molecule has 1 amide bonds. The first-order chi connectivity index (χ1) is 16.2. The lowest BCUT2D eigenvalue weighted by atomic mass is 9.98. The number of nitro groups is 1. The fraction of sp³-hybridized carbons (Fsp3) is 0.409. The topological polar surface area (TPSA) is 154 Å². The van der Waals surface area contributed by atoms with E-state index in [1.165, 1.54) is 35.8 Å². The average molecular weight is 495 g/mol. The van der Waals surface area contributed by atoms with Crippen molar-refractivity contribution in [3.63, 3.8) is 0 Å². The van der Waals surface area contributed by atoms with Crippen LogP contribution >= 0.6 is 0 Å². The second-order valence-corrected chi connectivity index (χ2v) is 10.1. The largest absolute Gasteiger partial charge is 0.491 e. The van der Waals surface area contributed by atoms with Gasteiger partial charge in [0.05, 0.1) is 23.0 Å². The summed E-state index contributed by atoms with van der Waals surface area (Å²) in [7, 11) is -4.12. The Bertz CT molecular complexity index is 1140. The molecule has 1 fully saturated rings. The molecule has 34 heavy (non-hydrogen) atoms. The Morgan fingerprint density at radius 1 is 1.21 bits per heavy atom. The number of non-ortho nitro benzene ring substituents is 1. The third-order valence-electron chi connectivity index (χ3n) is 5.66. The van der Waals surface area contributed by atoms with E-state index >= 15 is 0 Å². The number of benzene rings is 2. The molecule has 1 heterocycles. The van der Waals surface area contributed by atoms with Crippen molar-refractivity contribution in [1.29, 1.82) is 0 Å². The van der Waals surface area contributed by atoms with Crippen LogP contribution < -0.4 is 10.2 Å². The molecule has 11 nitrogen and oxygen atoms in total. The number of rotatable bonds is 10. The number of sulfone groups is 1. The highest BCUT2D eigenvalue weighted by molar-refractivity contribution is 7.93. The normalized spacial score (nSPS) is 15.5. The third-order valence-corrected chi connectivity index (χ3v) is 8.16. The van der Waals surface area contributed by atoms with Crippen molar-refractivity contribution in [1.82, 2.24) is 5.48 Å². The molecule has 1 aliphatic heterocycles. The maximum absolute atomic E-state index is 13.3. The Morgan fingerprint density at radius 3 is 2.59 bits per heavy atom. The van der Waals surface area contributed by atoms with Crippen LogP contribution in [0.5, 0.6) is 5.75 Å². The third kappa shape index (κ3) is 5.36. The summed E-state index contributed by atoms with van der Waals surface area (Å²) in [6, 6.07) is 10.4. The van der Waals surface area contributed by atoms with E-state index in [4.69, 9.17) is 19.4 Å². The molecular formula is C22H26N2O9S. The van der Waals surface area contributed by atoms with E-state index in [1.54, 1.807) is 19.1 Å². The predicted octanol–water partition coefficient (Wildman–Crippen LogP) is 2.33. The van der Waals surface area contributed by atoms with Crippen LogP contribution in [0.15, 0.2) is 47.4 Å². The van der Waals surface area contributed by atoms with Gasteiger partial charge < -0.3 is 14.2 Å². The summed E-state index contributed by atoms with van der Waals surface area (Å²) in [4.78, 5) is 22.7. The fourth-order valence-corrected chi connectivity index (χ4v) is 5.78. The summed E-state index contributed by atoms with van der Waals surface area (Å²) < 4.78 is 41.3. The first-order valence-corrected chi connectivity index (χ1v) is 12.0. The minimum atomic E-state index is -4.12. The minimum absolute atomic E-state index is 0.0120. The number of aryl methyl sites for hydroxylation is 1. The van der Waals surface area contributed by atoms with E-state index in [2.05, 4.69) is 0 Å². The second-order valence-electron chi connectivity index (χ2n) is 7.81. The molecule has 0 radical (unpaired) electrons. The van der Waals surface area contributed by atoms with Gasteiger partial charge in [0.1, 0.15) is 12.4 Å². The zero-order valence-corrected chi connectivity index (χ0v) is 19.4. The number of carbonyl (C=O) groups excluding carboxylic acids is 1. The zero-order chi connectivity index (χ0) is 24.8. The van der Waals surface area contributed by atoms with Gasteiger partial charge in [-0.05, 0) is 49.1 Å². The molecule has 2 N–H and O–H groups in total. The van der Waals surface area contributed by atoms with Gasteiger partial charge in [0, 0.05) is 25.3 Å². The van der Waals surface area contributed by atoms with Crippen LogP contribution in [0.25, 0.3) is 0 Å². The van der Waals surface area contributed by atoms with E-state index in [0.29, 0.717) is 16.9 Å². The van der Waals surface area contributed by atoms with Gasteiger partial charge in [-0.15, -0.1) is 0 Å². The van der Waals surface area contributed by atoms with Crippen LogP contribution in [0.3, 0.4) is 0 Å². The van der Waals surface area contributed by atoms with Crippen LogP contribution in [0, 0.1) is 17.0 Å². The van der Waals surface area contributed by atoms with Crippen LogP contribution in [-0.2, 0) is 30.7 Å². The molecule has 0 bridgehead atoms. The molecule has 1 saturated heterocycles. The molecule has 0 unspecified atom stereocenters. The van der Waals surface area contributed by atoms with Crippen molar-refractivity contribution in [3.8, 4) is 5.75 Å². The maximum Gasteiger partial charge on any atom is 0.269 e. The highest BCUT2D eigenvalue weighted by Crippen LogP contribution is 2.36. The highest BCUT2D eigenvalue weighted by atomic mass is 32.2. The van der Waals surface area contributed by atoms with Crippen molar-refractivity contribution in [2.45, 2.75) is 36.0 Å². The van der Waals surface area contributed by atoms with E-state index in [-0.39, 0.29) is 56.5 Å². The molecule has 0 spiro atoms. The molecule has 0 aliphatic carbocycles. The number of hydrogen-bond acceptors (Lipinski definition) is 9. The summed E-state index contributed by atoms with van der Waals surface area (Å²) in [5.74, 6) is -0.528. The molecule has 12 heteroatoms. The molecule has 1 aliphatic rings. The second kappa shape index (κ2) is 10.9. The monoisotopic (exact) mass is 494 g/mol. The summed E-state index contributed by atoms with van der Waals surface area (Å²) >= 11 is 0. The first-order valence-electron chi connectivity index (χ1n) is 10.5. The smallest absolute Gasteiger partial charge is 0.269 e. The van der Waals surface area contributed by atoms with Gasteiger partial charge in [-0.2, -0.15) is 0 Å². The maximum atomic E-state index is 13.3. The Labute approximate surface area is 196 Å². The lowest BCUT2D eigenvalue weighted by Gasteiger charge is -2.34. The lowest BCUT2D eigenvalue weighted by Crippen LogP contribution is -2.54. The molecule has 0 atom stereocenters. The molecule has 3 rings (SSSR count). The molecule has 0 saturated carbocycles. The predicted molar refractivity (Wildman–Crippen MR) is 119 cm³/mol. The van der Waals surface area contributed by atoms with Gasteiger partial charge in [-0.3, -0.25) is 20.1 Å². The van der Waals surface area contributed by atoms with Gasteiger partial charge in [0.25, 0.3) is 11.6 Å². The van der Waals surface area contributed by atoms with Gasteiger partial charge >= 0.3 is 0 Å². The Hall–Kier alpha value is -3.06. The van der Waals surface area contributed by atoms with E-state index in [9.17, 15) is 23.3 Å². The fourth-order valence-electron chi connectivity index (χ4n) is 3.76. The van der Waals surface area contributed by atoms with Crippen LogP contribution in [0.4, 0.5) is 5.69 Å². The van der Waals surface area contributed by atoms with Crippen LogP contribution in [-0.4, -0.2) is 55.6 Å². The number of carbonyl (C=O) groups is 1. The first kappa shape index (κ1) is 25.6. The number of nitrogens with one attached hydrogen (secondary N) is 1. The number of nitrogens with zero attached hydrogens (tertiary/aromatic N) is 1. The van der Waals surface area contributed by atoms with Crippen molar-refractivity contribution < 1.29 is 37.6 Å². The van der Waals surface area contributed by atoms with E-state index in [1.807, 2.05) is 0 Å². The number of amides is 1. The number of nitro benzene ring substituents is 1. The minimum Gasteiger partial charge on any atom is -0.491 e. The van der Waals surface area contributed by atoms with Gasteiger partial charge in [-0.25, -0.2) is 13.9 Å². The zero-order valence-electron chi connectivity index (χ0n) is 18.6. The molecule has 184 valence electrons. The summed E-state index contributed by atoms with van der Waals surface area (Å²) in [6.45, 7) is 2.42. The molecule has 0 aromatic heterocycles. The van der Waals surface area contributed by atoms with Gasteiger partial charge in [0.15, 0.2) is 14.6 Å². The van der Waals surface area contributed by atoms with Crippen molar-refractivity contribution >= 4 is 21.4 Å². The van der Waals surface area contributed by atoms with Crippen LogP contribution in [0.1, 0.15) is 24.0 Å².